The van der Waals surface area contributed by atoms with Crippen molar-refractivity contribution >= 4 is 16.8 Å². The largest absolute Gasteiger partial charge is 0.358 e. The van der Waals surface area contributed by atoms with Crippen molar-refractivity contribution < 1.29 is 4.79 Å². The zero-order valence-electron chi connectivity index (χ0n) is 13.9. The van der Waals surface area contributed by atoms with Crippen molar-refractivity contribution in [3.05, 3.63) is 70.9 Å². The van der Waals surface area contributed by atoms with Crippen LogP contribution in [-0.2, 0) is 19.4 Å². The molecule has 4 rings (SSSR count). The second kappa shape index (κ2) is 6.16. The molecule has 1 atom stereocenters. The van der Waals surface area contributed by atoms with Gasteiger partial charge in [-0.2, -0.15) is 0 Å². The maximum atomic E-state index is 12.5. The van der Waals surface area contributed by atoms with Gasteiger partial charge in [0.25, 0.3) is 5.91 Å². The van der Waals surface area contributed by atoms with Gasteiger partial charge in [-0.15, -0.1) is 0 Å². The minimum Gasteiger partial charge on any atom is -0.358 e. The van der Waals surface area contributed by atoms with Crippen molar-refractivity contribution in [1.29, 1.82) is 0 Å². The molecular formula is C21H22N2O. The van der Waals surface area contributed by atoms with Gasteiger partial charge < -0.3 is 10.3 Å². The number of H-pyrrole nitrogens is 1. The fourth-order valence-corrected chi connectivity index (χ4v) is 3.61. The van der Waals surface area contributed by atoms with Gasteiger partial charge in [-0.25, -0.2) is 0 Å². The van der Waals surface area contributed by atoms with E-state index in [1.165, 1.54) is 23.1 Å². The van der Waals surface area contributed by atoms with E-state index >= 15 is 0 Å². The summed E-state index contributed by atoms with van der Waals surface area (Å²) < 4.78 is 0. The molecule has 3 aromatic rings. The number of rotatable bonds is 3. The summed E-state index contributed by atoms with van der Waals surface area (Å²) in [6.07, 6.45) is 3.45. The van der Waals surface area contributed by atoms with E-state index in [0.29, 0.717) is 12.5 Å². The van der Waals surface area contributed by atoms with Crippen molar-refractivity contribution in [1.82, 2.24) is 10.3 Å². The molecule has 0 fully saturated rings. The van der Waals surface area contributed by atoms with Crippen LogP contribution in [0.5, 0.6) is 0 Å². The molecule has 2 N–H and O–H groups in total. The predicted octanol–water partition coefficient (Wildman–Crippen LogP) is 4.22. The first-order chi connectivity index (χ1) is 11.7. The summed E-state index contributed by atoms with van der Waals surface area (Å²) in [5.41, 5.74) is 5.75. The van der Waals surface area contributed by atoms with Crippen LogP contribution < -0.4 is 5.32 Å². The van der Waals surface area contributed by atoms with E-state index in [2.05, 4.69) is 17.2 Å². The van der Waals surface area contributed by atoms with Gasteiger partial charge in [0, 0.05) is 28.7 Å². The smallest absolute Gasteiger partial charge is 0.251 e. The average Bonchev–Trinajstić information content (AvgIpc) is 2.97. The fraction of sp³-hybridized carbons (Fsp3) is 0.286. The van der Waals surface area contributed by atoms with Gasteiger partial charge in [-0.05, 0) is 54.5 Å². The molecular weight excluding hydrogens is 296 g/mol. The lowest BCUT2D eigenvalue weighted by molar-refractivity contribution is 0.0951. The highest BCUT2D eigenvalue weighted by molar-refractivity contribution is 5.99. The van der Waals surface area contributed by atoms with Gasteiger partial charge >= 0.3 is 0 Å². The minimum atomic E-state index is -0.0143. The van der Waals surface area contributed by atoms with Gasteiger partial charge in [0.05, 0.1) is 0 Å². The third kappa shape index (κ3) is 2.82. The lowest BCUT2D eigenvalue weighted by atomic mass is 9.87. The normalized spacial score (nSPS) is 16.8. The van der Waals surface area contributed by atoms with E-state index in [4.69, 9.17) is 0 Å². The molecule has 0 spiro atoms. The molecule has 1 aliphatic carbocycles. The van der Waals surface area contributed by atoms with Gasteiger partial charge in [-0.3, -0.25) is 4.79 Å². The molecule has 0 radical (unpaired) electrons. The summed E-state index contributed by atoms with van der Waals surface area (Å²) in [5.74, 6) is 0.701. The van der Waals surface area contributed by atoms with Crippen LogP contribution in [0.1, 0.15) is 40.5 Å². The molecule has 3 nitrogen and oxygen atoms in total. The number of amides is 1. The fourth-order valence-electron chi connectivity index (χ4n) is 3.61. The monoisotopic (exact) mass is 318 g/mol. The number of fused-ring (bicyclic) bond motifs is 3. The van der Waals surface area contributed by atoms with E-state index in [1.54, 1.807) is 0 Å². The van der Waals surface area contributed by atoms with Crippen molar-refractivity contribution in [3.63, 3.8) is 0 Å². The third-order valence-corrected chi connectivity index (χ3v) is 4.99. The average molecular weight is 318 g/mol. The summed E-state index contributed by atoms with van der Waals surface area (Å²) in [7, 11) is 0. The zero-order chi connectivity index (χ0) is 16.5. The Morgan fingerprint density at radius 3 is 2.88 bits per heavy atom. The topological polar surface area (TPSA) is 44.9 Å². The molecule has 0 saturated heterocycles. The zero-order valence-corrected chi connectivity index (χ0v) is 13.9. The third-order valence-electron chi connectivity index (χ3n) is 4.99. The molecule has 24 heavy (non-hydrogen) atoms. The molecule has 1 unspecified atom stereocenters. The Bertz CT molecular complexity index is 879. The van der Waals surface area contributed by atoms with E-state index in [0.717, 1.165) is 29.5 Å². The summed E-state index contributed by atoms with van der Waals surface area (Å²) in [6.45, 7) is 2.86. The molecule has 0 aliphatic heterocycles. The molecule has 1 aromatic heterocycles. The minimum absolute atomic E-state index is 0.0143. The van der Waals surface area contributed by atoms with Gasteiger partial charge in [0.1, 0.15) is 0 Å². The van der Waals surface area contributed by atoms with Crippen molar-refractivity contribution in [2.45, 2.75) is 32.7 Å². The Kier molecular flexibility index (Phi) is 3.85. The Morgan fingerprint density at radius 2 is 2.04 bits per heavy atom. The van der Waals surface area contributed by atoms with E-state index in [1.807, 2.05) is 48.5 Å². The number of hydrogen-bond acceptors (Lipinski definition) is 1. The number of aromatic nitrogens is 1. The highest BCUT2D eigenvalue weighted by atomic mass is 16.1. The van der Waals surface area contributed by atoms with Crippen LogP contribution in [0, 0.1) is 5.92 Å². The highest BCUT2D eigenvalue weighted by Gasteiger charge is 2.20. The first-order valence-electron chi connectivity index (χ1n) is 8.66. The predicted molar refractivity (Wildman–Crippen MR) is 97.1 cm³/mol. The second-order valence-corrected chi connectivity index (χ2v) is 6.86. The van der Waals surface area contributed by atoms with E-state index in [-0.39, 0.29) is 5.91 Å². The summed E-state index contributed by atoms with van der Waals surface area (Å²) >= 11 is 0. The summed E-state index contributed by atoms with van der Waals surface area (Å²) in [5, 5.41) is 4.22. The lowest BCUT2D eigenvalue weighted by Gasteiger charge is -2.18. The van der Waals surface area contributed by atoms with Crippen LogP contribution in [0.3, 0.4) is 0 Å². The Balaban J connectivity index is 1.58. The van der Waals surface area contributed by atoms with Gasteiger partial charge in [0.15, 0.2) is 0 Å². The van der Waals surface area contributed by atoms with Crippen molar-refractivity contribution in [2.24, 2.45) is 5.92 Å². The molecule has 0 saturated carbocycles. The first kappa shape index (κ1) is 15.0. The Hall–Kier alpha value is -2.55. The van der Waals surface area contributed by atoms with E-state index in [9.17, 15) is 4.79 Å². The molecule has 2 aromatic carbocycles. The summed E-state index contributed by atoms with van der Waals surface area (Å²) in [4.78, 5) is 16.0. The molecule has 3 heteroatoms. The standard InChI is InChI=1S/C21H22N2O/c1-14-7-9-19-17(11-14)18-12-16(8-10-20(18)23-19)21(24)22-13-15-5-3-2-4-6-15/h2-6,8,10,12,14,23H,7,9,11,13H2,1H3,(H,22,24). The van der Waals surface area contributed by atoms with Gasteiger partial charge in [-0.1, -0.05) is 37.3 Å². The molecule has 1 heterocycles. The molecule has 1 amide bonds. The van der Waals surface area contributed by atoms with Crippen molar-refractivity contribution in [2.75, 3.05) is 0 Å². The summed E-state index contributed by atoms with van der Waals surface area (Å²) in [6, 6.07) is 16.0. The Labute approximate surface area is 142 Å². The number of carbonyl (C=O) groups excluding carboxylic acids is 1. The van der Waals surface area contributed by atoms with Gasteiger partial charge in [0.2, 0.25) is 0 Å². The number of aromatic amines is 1. The van der Waals surface area contributed by atoms with Crippen LogP contribution in [0.4, 0.5) is 0 Å². The highest BCUT2D eigenvalue weighted by Crippen LogP contribution is 2.32. The number of nitrogens with one attached hydrogen (secondary N) is 2. The van der Waals surface area contributed by atoms with Crippen LogP contribution in [0.25, 0.3) is 10.9 Å². The number of benzene rings is 2. The SMILES string of the molecule is CC1CCc2[nH]c3ccc(C(=O)NCc4ccccc4)cc3c2C1. The Morgan fingerprint density at radius 1 is 1.21 bits per heavy atom. The van der Waals surface area contributed by atoms with Crippen molar-refractivity contribution in [3.8, 4) is 0 Å². The van der Waals surface area contributed by atoms with Crippen LogP contribution in [-0.4, -0.2) is 10.9 Å². The first-order valence-corrected chi connectivity index (χ1v) is 8.66. The maximum absolute atomic E-state index is 12.5. The number of carbonyl (C=O) groups is 1. The molecule has 0 bridgehead atoms. The van der Waals surface area contributed by atoms with Crippen LogP contribution in [0.15, 0.2) is 48.5 Å². The number of hydrogen-bond donors (Lipinski definition) is 2. The second-order valence-electron chi connectivity index (χ2n) is 6.86. The molecule has 1 aliphatic rings. The lowest BCUT2D eigenvalue weighted by Crippen LogP contribution is -2.22. The van der Waals surface area contributed by atoms with Crippen LogP contribution in [0.2, 0.25) is 0 Å². The molecule has 122 valence electrons. The number of aryl methyl sites for hydroxylation is 1. The maximum Gasteiger partial charge on any atom is 0.251 e. The quantitative estimate of drug-likeness (QED) is 0.746. The van der Waals surface area contributed by atoms with Crippen LogP contribution >= 0.6 is 0 Å². The van der Waals surface area contributed by atoms with E-state index < -0.39 is 0 Å².